The van der Waals surface area contributed by atoms with Gasteiger partial charge in [-0.15, -0.1) is 5.10 Å². The van der Waals surface area contributed by atoms with Gasteiger partial charge in [0.15, 0.2) is 5.17 Å². The monoisotopic (exact) mass is 373 g/mol. The Kier molecular flexibility index (Phi) is 4.70. The quantitative estimate of drug-likeness (QED) is 0.604. The molecular weight excluding hydrogens is 362 g/mol. The largest absolute Gasteiger partial charge is 0.273 e. The zero-order chi connectivity index (χ0) is 15.4. The third kappa shape index (κ3) is 3.45. The summed E-state index contributed by atoms with van der Waals surface area (Å²) in [5.74, 6) is 0.410. The second kappa shape index (κ2) is 6.89. The molecule has 0 saturated carbocycles. The summed E-state index contributed by atoms with van der Waals surface area (Å²) in [6.07, 6.45) is 1.67. The van der Waals surface area contributed by atoms with Crippen LogP contribution in [0.15, 0.2) is 69.3 Å². The second-order valence-electron chi connectivity index (χ2n) is 4.54. The van der Waals surface area contributed by atoms with Gasteiger partial charge in [-0.3, -0.25) is 9.69 Å². The molecule has 0 bridgehead atoms. The van der Waals surface area contributed by atoms with Crippen LogP contribution in [0.4, 0.5) is 5.69 Å². The van der Waals surface area contributed by atoms with E-state index in [2.05, 4.69) is 26.1 Å². The van der Waals surface area contributed by atoms with Crippen LogP contribution in [0.25, 0.3) is 0 Å². The van der Waals surface area contributed by atoms with Gasteiger partial charge in [0.2, 0.25) is 5.91 Å². The fraction of sp³-hybridized carbons (Fsp3) is 0.0625. The van der Waals surface area contributed by atoms with E-state index in [0.717, 1.165) is 15.7 Å². The normalized spacial score (nSPS) is 16.9. The minimum atomic E-state index is 0.0209. The molecule has 1 saturated heterocycles. The molecule has 0 atom stereocenters. The molecule has 1 amide bonds. The molecule has 6 heteroatoms. The minimum absolute atomic E-state index is 0.0209. The van der Waals surface area contributed by atoms with E-state index in [4.69, 9.17) is 0 Å². The maximum absolute atomic E-state index is 12.0. The Hall–Kier alpha value is -1.92. The fourth-order valence-corrected chi connectivity index (χ4v) is 3.24. The van der Waals surface area contributed by atoms with Crippen LogP contribution in [0.2, 0.25) is 0 Å². The highest BCUT2D eigenvalue weighted by atomic mass is 79.9. The molecule has 0 unspecified atom stereocenters. The predicted molar refractivity (Wildman–Crippen MR) is 95.6 cm³/mol. The first-order valence-corrected chi connectivity index (χ1v) is 8.39. The molecule has 110 valence electrons. The molecule has 2 aromatic rings. The molecule has 2 aromatic carbocycles. The molecule has 0 N–H and O–H groups in total. The zero-order valence-corrected chi connectivity index (χ0v) is 13.9. The lowest BCUT2D eigenvalue weighted by atomic mass is 10.2. The first-order chi connectivity index (χ1) is 10.7. The van der Waals surface area contributed by atoms with Crippen LogP contribution < -0.4 is 4.90 Å². The van der Waals surface area contributed by atoms with E-state index in [1.807, 2.05) is 54.6 Å². The number of amidine groups is 1. The van der Waals surface area contributed by atoms with Gasteiger partial charge in [0.25, 0.3) is 0 Å². The number of nitrogens with zero attached hydrogens (tertiary/aromatic N) is 3. The standard InChI is InChI=1S/C16H12BrN3OS/c17-13-6-4-5-12(9-13)10-18-19-16-20(15(21)11-22-16)14-7-2-1-3-8-14/h1-10H,11H2/b18-10-,19-16+. The van der Waals surface area contributed by atoms with Crippen molar-refractivity contribution >= 4 is 50.7 Å². The van der Waals surface area contributed by atoms with Gasteiger partial charge >= 0.3 is 0 Å². The van der Waals surface area contributed by atoms with Crippen molar-refractivity contribution in [2.24, 2.45) is 10.2 Å². The maximum atomic E-state index is 12.0. The maximum Gasteiger partial charge on any atom is 0.243 e. The third-order valence-electron chi connectivity index (χ3n) is 2.98. The van der Waals surface area contributed by atoms with Gasteiger partial charge < -0.3 is 0 Å². The highest BCUT2D eigenvalue weighted by Crippen LogP contribution is 2.26. The fourth-order valence-electron chi connectivity index (χ4n) is 2.00. The van der Waals surface area contributed by atoms with Gasteiger partial charge in [-0.05, 0) is 29.8 Å². The van der Waals surface area contributed by atoms with E-state index in [9.17, 15) is 4.79 Å². The van der Waals surface area contributed by atoms with Crippen molar-refractivity contribution in [3.8, 4) is 0 Å². The summed E-state index contributed by atoms with van der Waals surface area (Å²) in [6.45, 7) is 0. The van der Waals surface area contributed by atoms with Crippen molar-refractivity contribution in [3.63, 3.8) is 0 Å². The van der Waals surface area contributed by atoms with E-state index in [0.29, 0.717) is 10.9 Å². The predicted octanol–water partition coefficient (Wildman–Crippen LogP) is 3.92. The Balaban J connectivity index is 1.82. The first-order valence-electron chi connectivity index (χ1n) is 6.61. The third-order valence-corrected chi connectivity index (χ3v) is 4.39. The van der Waals surface area contributed by atoms with Crippen molar-refractivity contribution in [1.82, 2.24) is 0 Å². The number of halogens is 1. The van der Waals surface area contributed by atoms with E-state index >= 15 is 0 Å². The second-order valence-corrected chi connectivity index (χ2v) is 6.39. The molecule has 0 spiro atoms. The van der Waals surface area contributed by atoms with Gasteiger partial charge in [-0.2, -0.15) is 5.10 Å². The van der Waals surface area contributed by atoms with Crippen molar-refractivity contribution < 1.29 is 4.79 Å². The van der Waals surface area contributed by atoms with Crippen LogP contribution in [-0.2, 0) is 4.79 Å². The lowest BCUT2D eigenvalue weighted by Crippen LogP contribution is -2.28. The van der Waals surface area contributed by atoms with E-state index in [1.54, 1.807) is 11.1 Å². The molecule has 4 nitrogen and oxygen atoms in total. The van der Waals surface area contributed by atoms with Crippen molar-refractivity contribution in [2.75, 3.05) is 10.7 Å². The topological polar surface area (TPSA) is 45.0 Å². The van der Waals surface area contributed by atoms with Crippen molar-refractivity contribution in [3.05, 3.63) is 64.6 Å². The SMILES string of the molecule is O=C1CS/C(=N/N=C\c2cccc(Br)c2)N1c1ccccc1. The Morgan fingerprint density at radius 3 is 2.73 bits per heavy atom. The lowest BCUT2D eigenvalue weighted by molar-refractivity contribution is -0.115. The molecule has 1 aliphatic heterocycles. The van der Waals surface area contributed by atoms with Crippen molar-refractivity contribution in [2.45, 2.75) is 0 Å². The molecule has 0 radical (unpaired) electrons. The summed E-state index contributed by atoms with van der Waals surface area (Å²) in [6, 6.07) is 17.3. The molecule has 1 heterocycles. The van der Waals surface area contributed by atoms with Gasteiger partial charge in [-0.1, -0.05) is 58.0 Å². The van der Waals surface area contributed by atoms with Crippen LogP contribution in [0.3, 0.4) is 0 Å². The highest BCUT2D eigenvalue weighted by molar-refractivity contribution is 9.10. The summed E-state index contributed by atoms with van der Waals surface area (Å²) in [5, 5.41) is 8.90. The number of rotatable bonds is 3. The molecular formula is C16H12BrN3OS. The Morgan fingerprint density at radius 1 is 1.14 bits per heavy atom. The first kappa shape index (κ1) is 15.0. The van der Waals surface area contributed by atoms with Gasteiger partial charge in [0, 0.05) is 4.47 Å². The molecule has 3 rings (SSSR count). The van der Waals surface area contributed by atoms with Crippen molar-refractivity contribution in [1.29, 1.82) is 0 Å². The minimum Gasteiger partial charge on any atom is -0.273 e. The summed E-state index contributed by atoms with van der Waals surface area (Å²) < 4.78 is 0.987. The molecule has 1 aliphatic rings. The smallest absolute Gasteiger partial charge is 0.243 e. The van der Waals surface area contributed by atoms with E-state index < -0.39 is 0 Å². The number of amides is 1. The number of hydrogen-bond acceptors (Lipinski definition) is 4. The molecule has 0 aromatic heterocycles. The number of anilines is 1. The van der Waals surface area contributed by atoms with Gasteiger partial charge in [0.05, 0.1) is 17.7 Å². The van der Waals surface area contributed by atoms with E-state index in [-0.39, 0.29) is 5.91 Å². The average molecular weight is 374 g/mol. The van der Waals surface area contributed by atoms with Crippen LogP contribution in [0, 0.1) is 0 Å². The summed E-state index contributed by atoms with van der Waals surface area (Å²) in [7, 11) is 0. The average Bonchev–Trinajstić information content (AvgIpc) is 2.89. The Morgan fingerprint density at radius 2 is 1.95 bits per heavy atom. The summed E-state index contributed by atoms with van der Waals surface area (Å²) in [4.78, 5) is 13.6. The number of benzene rings is 2. The van der Waals surface area contributed by atoms with Crippen LogP contribution in [0.1, 0.15) is 5.56 Å². The Bertz CT molecular complexity index is 746. The number of para-hydroxylation sites is 1. The number of hydrogen-bond donors (Lipinski definition) is 0. The number of carbonyl (C=O) groups is 1. The van der Waals surface area contributed by atoms with E-state index in [1.165, 1.54) is 11.8 Å². The van der Waals surface area contributed by atoms with Gasteiger partial charge in [0.1, 0.15) is 0 Å². The molecule has 0 aliphatic carbocycles. The number of thioether (sulfide) groups is 1. The summed E-state index contributed by atoms with van der Waals surface area (Å²) in [5.41, 5.74) is 1.76. The zero-order valence-electron chi connectivity index (χ0n) is 11.5. The molecule has 22 heavy (non-hydrogen) atoms. The summed E-state index contributed by atoms with van der Waals surface area (Å²) >= 11 is 4.81. The number of carbonyl (C=O) groups excluding carboxylic acids is 1. The van der Waals surface area contributed by atoms with Gasteiger partial charge in [-0.25, -0.2) is 0 Å². The molecule has 1 fully saturated rings. The lowest BCUT2D eigenvalue weighted by Gasteiger charge is -2.14. The van der Waals surface area contributed by atoms with Crippen LogP contribution in [0.5, 0.6) is 0 Å². The Labute approximate surface area is 141 Å². The van der Waals surface area contributed by atoms with Crippen LogP contribution >= 0.6 is 27.7 Å². The highest BCUT2D eigenvalue weighted by Gasteiger charge is 2.29. The van der Waals surface area contributed by atoms with Crippen LogP contribution in [-0.4, -0.2) is 23.0 Å².